The maximum atomic E-state index is 10.9. The number of hydrogen-bond donors (Lipinski definition) is 0. The zero-order valence-electron chi connectivity index (χ0n) is 13.9. The van der Waals surface area contributed by atoms with Gasteiger partial charge in [0.1, 0.15) is 0 Å². The SMILES string of the molecule is CCCCOS(=O)(=O)OCCCC.[NaH].c1ccc2ccccc2c1. The van der Waals surface area contributed by atoms with Gasteiger partial charge >= 0.3 is 40.0 Å². The summed E-state index contributed by atoms with van der Waals surface area (Å²) in [6.45, 7) is 4.36. The molecule has 0 spiro atoms. The van der Waals surface area contributed by atoms with Gasteiger partial charge in [-0.15, -0.1) is 0 Å². The van der Waals surface area contributed by atoms with Gasteiger partial charge in [-0.25, -0.2) is 8.37 Å². The molecule has 2 aromatic rings. The van der Waals surface area contributed by atoms with Crippen LogP contribution in [-0.4, -0.2) is 51.2 Å². The summed E-state index contributed by atoms with van der Waals surface area (Å²) in [5.74, 6) is 0. The number of hydrogen-bond acceptors (Lipinski definition) is 4. The number of fused-ring (bicyclic) bond motifs is 1. The van der Waals surface area contributed by atoms with Crippen LogP contribution in [0, 0.1) is 0 Å². The Hall–Kier alpha value is -0.430. The molecule has 2 rings (SSSR count). The van der Waals surface area contributed by atoms with Crippen LogP contribution in [0.5, 0.6) is 0 Å². The van der Waals surface area contributed by atoms with E-state index in [2.05, 4.69) is 56.9 Å². The Morgan fingerprint density at radius 1 is 0.750 bits per heavy atom. The predicted molar refractivity (Wildman–Crippen MR) is 102 cm³/mol. The molecule has 0 fully saturated rings. The van der Waals surface area contributed by atoms with Gasteiger partial charge < -0.3 is 0 Å². The molecule has 24 heavy (non-hydrogen) atoms. The van der Waals surface area contributed by atoms with Crippen LogP contribution in [0.25, 0.3) is 10.8 Å². The van der Waals surface area contributed by atoms with Crippen molar-refractivity contribution in [3.63, 3.8) is 0 Å². The van der Waals surface area contributed by atoms with Crippen LogP contribution in [0.15, 0.2) is 48.5 Å². The first kappa shape index (κ1) is 23.6. The second-order valence-electron chi connectivity index (χ2n) is 5.11. The van der Waals surface area contributed by atoms with Crippen molar-refractivity contribution in [2.24, 2.45) is 0 Å². The van der Waals surface area contributed by atoms with Crippen molar-refractivity contribution in [2.75, 3.05) is 13.2 Å². The second-order valence-corrected chi connectivity index (χ2v) is 6.39. The van der Waals surface area contributed by atoms with Crippen molar-refractivity contribution >= 4 is 50.7 Å². The van der Waals surface area contributed by atoms with E-state index in [0.717, 1.165) is 25.7 Å². The normalized spacial score (nSPS) is 10.6. The Morgan fingerprint density at radius 3 is 1.38 bits per heavy atom. The zero-order chi connectivity index (χ0) is 17.0. The third kappa shape index (κ3) is 10.4. The standard InChI is InChI=1S/C10H8.C8H18O4S.Na.H/c1-2-6-10-8-4-3-7-9(10)5-1;1-3-5-7-11-13(9,10)12-8-6-4-2;;/h1-8H;3-8H2,1-2H3;;. The zero-order valence-corrected chi connectivity index (χ0v) is 14.7. The summed E-state index contributed by atoms with van der Waals surface area (Å²) in [5, 5.41) is 2.62. The van der Waals surface area contributed by atoms with Gasteiger partial charge in [-0.2, -0.15) is 8.42 Å². The molecule has 0 saturated heterocycles. The molecule has 0 aliphatic carbocycles. The summed E-state index contributed by atoms with van der Waals surface area (Å²) >= 11 is 0. The van der Waals surface area contributed by atoms with E-state index < -0.39 is 10.4 Å². The predicted octanol–water partition coefficient (Wildman–Crippen LogP) is 4.06. The summed E-state index contributed by atoms with van der Waals surface area (Å²) in [7, 11) is -3.73. The van der Waals surface area contributed by atoms with Crippen molar-refractivity contribution in [3.8, 4) is 0 Å². The minimum atomic E-state index is -3.73. The van der Waals surface area contributed by atoms with Crippen LogP contribution in [0.1, 0.15) is 39.5 Å². The minimum absolute atomic E-state index is 0. The average Bonchev–Trinajstić information content (AvgIpc) is 2.56. The number of benzene rings is 2. The molecule has 0 N–H and O–H groups in total. The van der Waals surface area contributed by atoms with Gasteiger partial charge in [0.15, 0.2) is 0 Å². The third-order valence-corrected chi connectivity index (χ3v) is 4.02. The number of unbranched alkanes of at least 4 members (excludes halogenated alkanes) is 2. The first-order valence-electron chi connectivity index (χ1n) is 8.06. The summed E-state index contributed by atoms with van der Waals surface area (Å²) in [6, 6.07) is 16.7. The van der Waals surface area contributed by atoms with Crippen LogP contribution in [0.3, 0.4) is 0 Å². The van der Waals surface area contributed by atoms with E-state index in [9.17, 15) is 8.42 Å². The maximum absolute atomic E-state index is 10.9. The monoisotopic (exact) mass is 362 g/mol. The van der Waals surface area contributed by atoms with Gasteiger partial charge in [0.05, 0.1) is 13.2 Å². The second kappa shape index (κ2) is 13.8. The molecule has 0 aliphatic heterocycles. The molecule has 0 atom stereocenters. The fourth-order valence-electron chi connectivity index (χ4n) is 1.78. The van der Waals surface area contributed by atoms with Gasteiger partial charge in [-0.1, -0.05) is 75.2 Å². The summed E-state index contributed by atoms with van der Waals surface area (Å²) < 4.78 is 31.0. The average molecular weight is 362 g/mol. The van der Waals surface area contributed by atoms with E-state index in [1.807, 2.05) is 13.8 Å². The van der Waals surface area contributed by atoms with Crippen LogP contribution < -0.4 is 0 Å². The summed E-state index contributed by atoms with van der Waals surface area (Å²) in [4.78, 5) is 0. The van der Waals surface area contributed by atoms with Gasteiger partial charge in [0, 0.05) is 0 Å². The third-order valence-electron chi connectivity index (χ3n) is 3.11. The fraction of sp³-hybridized carbons (Fsp3) is 0.444. The van der Waals surface area contributed by atoms with Crippen LogP contribution >= 0.6 is 0 Å². The Bertz CT molecular complexity index is 577. The van der Waals surface area contributed by atoms with Crippen LogP contribution in [-0.2, 0) is 18.8 Å². The Kier molecular flexibility index (Phi) is 13.6. The van der Waals surface area contributed by atoms with E-state index >= 15 is 0 Å². The molecule has 2 aromatic carbocycles. The van der Waals surface area contributed by atoms with E-state index in [1.165, 1.54) is 10.8 Å². The maximum Gasteiger partial charge on any atom is -0.0184 e. The largest absolute Gasteiger partial charge is 0.0616 e. The molecule has 0 radical (unpaired) electrons. The van der Waals surface area contributed by atoms with Gasteiger partial charge in [0.25, 0.3) is 0 Å². The van der Waals surface area contributed by atoms with E-state index in [0.29, 0.717) is 0 Å². The molecule has 0 heterocycles. The first-order valence-corrected chi connectivity index (χ1v) is 9.40. The van der Waals surface area contributed by atoms with Crippen molar-refractivity contribution in [3.05, 3.63) is 48.5 Å². The molecule has 130 valence electrons. The van der Waals surface area contributed by atoms with Gasteiger partial charge in [-0.05, 0) is 23.6 Å². The van der Waals surface area contributed by atoms with Crippen molar-refractivity contribution in [1.82, 2.24) is 0 Å². The van der Waals surface area contributed by atoms with Crippen molar-refractivity contribution in [1.29, 1.82) is 0 Å². The summed E-state index contributed by atoms with van der Waals surface area (Å²) in [6.07, 6.45) is 3.28. The molecular formula is C18H27NaO4S. The van der Waals surface area contributed by atoms with E-state index in [4.69, 9.17) is 0 Å². The summed E-state index contributed by atoms with van der Waals surface area (Å²) in [5.41, 5.74) is 0. The molecule has 0 bridgehead atoms. The van der Waals surface area contributed by atoms with Crippen LogP contribution in [0.4, 0.5) is 0 Å². The first-order chi connectivity index (χ1) is 11.1. The van der Waals surface area contributed by atoms with Crippen molar-refractivity contribution < 1.29 is 16.8 Å². The van der Waals surface area contributed by atoms with E-state index in [1.54, 1.807) is 0 Å². The molecule has 4 nitrogen and oxygen atoms in total. The fourth-order valence-corrected chi connectivity index (χ4v) is 2.49. The quantitative estimate of drug-likeness (QED) is 0.525. The van der Waals surface area contributed by atoms with E-state index in [-0.39, 0.29) is 42.8 Å². The molecule has 0 saturated carbocycles. The van der Waals surface area contributed by atoms with Gasteiger partial charge in [0.2, 0.25) is 0 Å². The molecule has 0 unspecified atom stereocenters. The number of rotatable bonds is 8. The Balaban J connectivity index is 0.000000432. The van der Waals surface area contributed by atoms with Crippen molar-refractivity contribution in [2.45, 2.75) is 39.5 Å². The minimum Gasteiger partial charge on any atom is -0.0616 e. The topological polar surface area (TPSA) is 52.6 Å². The van der Waals surface area contributed by atoms with Crippen LogP contribution in [0.2, 0.25) is 0 Å². The Morgan fingerprint density at radius 2 is 1.08 bits per heavy atom. The Labute approximate surface area is 168 Å². The molecular weight excluding hydrogens is 335 g/mol. The van der Waals surface area contributed by atoms with Gasteiger partial charge in [-0.3, -0.25) is 0 Å². The smallest absolute Gasteiger partial charge is 0.0184 e. The molecule has 0 aromatic heterocycles. The molecule has 6 heteroatoms. The molecule has 0 aliphatic rings. The molecule has 0 amide bonds.